The predicted molar refractivity (Wildman–Crippen MR) is 41.6 cm³/mol. The van der Waals surface area contributed by atoms with Crippen molar-refractivity contribution in [3.8, 4) is 0 Å². The van der Waals surface area contributed by atoms with Gasteiger partial charge in [0.2, 0.25) is 0 Å². The van der Waals surface area contributed by atoms with Crippen LogP contribution < -0.4 is 0 Å². The van der Waals surface area contributed by atoms with Crippen molar-refractivity contribution in [1.82, 2.24) is 0 Å². The van der Waals surface area contributed by atoms with Gasteiger partial charge in [-0.15, -0.1) is 0 Å². The fourth-order valence-corrected chi connectivity index (χ4v) is 0.677. The molecule has 8 heavy (non-hydrogen) atoms. The molecule has 0 unspecified atom stereocenters. The van der Waals surface area contributed by atoms with Crippen LogP contribution in [-0.2, 0) is 0 Å². The topological polar surface area (TPSA) is 0 Å². The molecule has 0 aliphatic carbocycles. The van der Waals surface area contributed by atoms with E-state index in [1.807, 2.05) is 0 Å². The predicted octanol–water partition coefficient (Wildman–Crippen LogP) is 2.33. The van der Waals surface area contributed by atoms with Crippen molar-refractivity contribution in [3.63, 3.8) is 0 Å². The van der Waals surface area contributed by atoms with Gasteiger partial charge in [-0.25, -0.2) is 0 Å². The Morgan fingerprint density at radius 1 is 0.750 bits per heavy atom. The molecule has 0 amide bonds. The maximum atomic E-state index is 2.25. The van der Waals surface area contributed by atoms with E-state index >= 15 is 0 Å². The van der Waals surface area contributed by atoms with Gasteiger partial charge in [-0.1, -0.05) is 46.0 Å². The van der Waals surface area contributed by atoms with E-state index in [1.54, 1.807) is 0 Å². The third-order valence-electron chi connectivity index (χ3n) is 1.21. The maximum absolute atomic E-state index is 2.25. The summed E-state index contributed by atoms with van der Waals surface area (Å²) in [5.74, 6) is 0. The average Bonchev–Trinajstić information content (AvgIpc) is 1.69. The van der Waals surface area contributed by atoms with Gasteiger partial charge in [0, 0.05) is 0 Å². The molecule has 0 saturated heterocycles. The molecule has 0 rings (SSSR count). The van der Waals surface area contributed by atoms with Crippen LogP contribution in [0.5, 0.6) is 0 Å². The molecule has 46 valence electrons. The van der Waals surface area contributed by atoms with E-state index in [0.29, 0.717) is 0 Å². The van der Waals surface area contributed by atoms with E-state index in [1.165, 1.54) is 32.1 Å². The summed E-state index contributed by atoms with van der Waals surface area (Å²) in [6, 6.07) is 0. The van der Waals surface area contributed by atoms with Crippen molar-refractivity contribution in [3.05, 3.63) is 0 Å². The molecular formula is C7H17K. The van der Waals surface area contributed by atoms with Gasteiger partial charge in [0.05, 0.1) is 0 Å². The van der Waals surface area contributed by atoms with Crippen LogP contribution in [-0.4, -0.2) is 51.4 Å². The van der Waals surface area contributed by atoms with Crippen LogP contribution in [0.15, 0.2) is 0 Å². The van der Waals surface area contributed by atoms with Gasteiger partial charge in [0.25, 0.3) is 0 Å². The zero-order valence-corrected chi connectivity index (χ0v) is 5.54. The molecule has 0 aromatic carbocycles. The first-order chi connectivity index (χ1) is 3.41. The molecule has 0 atom stereocenters. The molecule has 0 radical (unpaired) electrons. The Labute approximate surface area is 95.9 Å². The number of rotatable bonds is 4. The molecule has 0 aromatic heterocycles. The quantitative estimate of drug-likeness (QED) is 0.415. The number of unbranched alkanes of at least 4 members (excludes halogenated alkanes) is 4. The summed E-state index contributed by atoms with van der Waals surface area (Å²) in [5, 5.41) is 0. The van der Waals surface area contributed by atoms with E-state index in [2.05, 4.69) is 13.8 Å². The van der Waals surface area contributed by atoms with E-state index in [4.69, 9.17) is 0 Å². The average molecular weight is 140 g/mol. The van der Waals surface area contributed by atoms with Crippen molar-refractivity contribution >= 4 is 51.4 Å². The fraction of sp³-hybridized carbons (Fsp3) is 1.00. The van der Waals surface area contributed by atoms with Crippen molar-refractivity contribution in [2.24, 2.45) is 0 Å². The summed E-state index contributed by atoms with van der Waals surface area (Å²) in [4.78, 5) is 0. The summed E-state index contributed by atoms with van der Waals surface area (Å²) < 4.78 is 0. The Morgan fingerprint density at radius 2 is 1.12 bits per heavy atom. The molecule has 0 saturated carbocycles. The van der Waals surface area contributed by atoms with Gasteiger partial charge in [-0.05, 0) is 0 Å². The second-order valence-electron chi connectivity index (χ2n) is 2.06. The molecule has 1 heteroatoms. The Hall–Kier alpha value is 1.64. The first-order valence-corrected chi connectivity index (χ1v) is 3.41. The van der Waals surface area contributed by atoms with Crippen molar-refractivity contribution < 1.29 is 0 Å². The molecule has 0 nitrogen and oxygen atoms in total. The number of hydrogen-bond donors (Lipinski definition) is 0. The van der Waals surface area contributed by atoms with Gasteiger partial charge in [-0.3, -0.25) is 0 Å². The summed E-state index contributed by atoms with van der Waals surface area (Å²) >= 11 is 0. The van der Waals surface area contributed by atoms with Crippen LogP contribution in [0.25, 0.3) is 0 Å². The zero-order valence-electron chi connectivity index (χ0n) is 5.54. The second-order valence-corrected chi connectivity index (χ2v) is 2.06. The molecule has 0 heterocycles. The standard InChI is InChI=1S/C7H16.K.H/c1-3-5-7-6-4-2;;/h3-7H2,1-2H3;;. The molecule has 0 bridgehead atoms. The molecule has 0 aromatic rings. The van der Waals surface area contributed by atoms with Gasteiger partial charge in [0.15, 0.2) is 0 Å². The minimum absolute atomic E-state index is 0. The van der Waals surface area contributed by atoms with E-state index < -0.39 is 0 Å². The zero-order chi connectivity index (χ0) is 5.54. The fourth-order valence-electron chi connectivity index (χ4n) is 0.677. The van der Waals surface area contributed by atoms with Gasteiger partial charge in [-0.2, -0.15) is 0 Å². The summed E-state index contributed by atoms with van der Waals surface area (Å²) in [6.45, 7) is 4.49. The van der Waals surface area contributed by atoms with E-state index in [0.717, 1.165) is 0 Å². The first-order valence-electron chi connectivity index (χ1n) is 3.41. The molecule has 0 spiro atoms. The second kappa shape index (κ2) is 11.4. The van der Waals surface area contributed by atoms with Crippen molar-refractivity contribution in [2.45, 2.75) is 46.0 Å². The van der Waals surface area contributed by atoms with Crippen molar-refractivity contribution in [2.75, 3.05) is 0 Å². The monoisotopic (exact) mass is 140 g/mol. The van der Waals surface area contributed by atoms with Gasteiger partial charge < -0.3 is 0 Å². The van der Waals surface area contributed by atoms with Crippen LogP contribution in [0.4, 0.5) is 0 Å². The summed E-state index contributed by atoms with van der Waals surface area (Å²) in [5.41, 5.74) is 0. The Bertz CT molecular complexity index is 23.6. The van der Waals surface area contributed by atoms with Crippen molar-refractivity contribution in [1.29, 1.82) is 0 Å². The Morgan fingerprint density at radius 3 is 1.38 bits per heavy atom. The Balaban J connectivity index is 0. The summed E-state index contributed by atoms with van der Waals surface area (Å²) in [6.07, 6.45) is 7.01. The molecule has 0 N–H and O–H groups in total. The molecule has 0 aliphatic heterocycles. The third kappa shape index (κ3) is 10.6. The normalized spacial score (nSPS) is 8.25. The molecule has 0 fully saturated rings. The van der Waals surface area contributed by atoms with Crippen LogP contribution >= 0.6 is 0 Å². The summed E-state index contributed by atoms with van der Waals surface area (Å²) in [7, 11) is 0. The van der Waals surface area contributed by atoms with Crippen LogP contribution in [0.1, 0.15) is 46.0 Å². The van der Waals surface area contributed by atoms with E-state index in [-0.39, 0.29) is 51.4 Å². The molecule has 0 aliphatic rings. The third-order valence-corrected chi connectivity index (χ3v) is 1.21. The van der Waals surface area contributed by atoms with Crippen LogP contribution in [0, 0.1) is 0 Å². The van der Waals surface area contributed by atoms with Crippen LogP contribution in [0.2, 0.25) is 0 Å². The first kappa shape index (κ1) is 12.3. The minimum atomic E-state index is 0. The SMILES string of the molecule is CCCCCCC.[KH]. The van der Waals surface area contributed by atoms with Gasteiger partial charge in [0.1, 0.15) is 0 Å². The van der Waals surface area contributed by atoms with Crippen LogP contribution in [0.3, 0.4) is 0 Å². The van der Waals surface area contributed by atoms with E-state index in [9.17, 15) is 0 Å². The van der Waals surface area contributed by atoms with Gasteiger partial charge >= 0.3 is 51.4 Å². The molecular weight excluding hydrogens is 123 g/mol. The number of hydrogen-bond acceptors (Lipinski definition) is 0. The Kier molecular flexibility index (Phi) is 17.6.